The van der Waals surface area contributed by atoms with Gasteiger partial charge in [-0.3, -0.25) is 0 Å². The number of carbonyl (C=O) groups is 2. The highest BCUT2D eigenvalue weighted by atomic mass is 19.4. The quantitative estimate of drug-likeness (QED) is 0.322. The molecule has 7 nitrogen and oxygen atoms in total. The molecule has 0 radical (unpaired) electrons. The number of hydrogen-bond donors (Lipinski definition) is 3. The van der Waals surface area contributed by atoms with Crippen LogP contribution in [0.4, 0.5) is 40.3 Å². The average molecular weight is 608 g/mol. The van der Waals surface area contributed by atoms with E-state index in [1.807, 2.05) is 0 Å². The number of nitrogens with zero attached hydrogens (tertiary/aromatic N) is 1. The van der Waals surface area contributed by atoms with Crippen molar-refractivity contribution in [2.45, 2.75) is 57.6 Å². The topological polar surface area (TPSA) is 90.9 Å². The number of carbonyl (C=O) groups excluding carboxylic acids is 2. The number of aryl methyl sites for hydroxylation is 1. The van der Waals surface area contributed by atoms with Gasteiger partial charge in [0.25, 0.3) is 0 Å². The molecule has 0 bridgehead atoms. The molecule has 14 heteroatoms. The van der Waals surface area contributed by atoms with Crippen LogP contribution in [0.1, 0.15) is 53.6 Å². The molecule has 2 aromatic rings. The van der Waals surface area contributed by atoms with Gasteiger partial charge in [0.1, 0.15) is 11.9 Å². The van der Waals surface area contributed by atoms with Gasteiger partial charge in [-0.1, -0.05) is 13.0 Å². The number of piperidine rings is 1. The van der Waals surface area contributed by atoms with E-state index in [4.69, 9.17) is 9.84 Å². The van der Waals surface area contributed by atoms with E-state index in [9.17, 15) is 40.3 Å². The highest BCUT2D eigenvalue weighted by Gasteiger charge is 2.38. The standard InChI is InChI=1S/C28H32F7N3O4/c1-16(9-18-11-19(27(30,31)32)13-20(12-18)28(33,34)35)15-37-25(40)38-7-5-22(42-26(41)36-6-8-39)14-24(38)23-4-3-21(29)10-17(23)2/h3-4,10-13,16,22,24,39H,5-9,14-15H2,1-2H3,(H,36,41)(H,37,40)/t16?,22-,24+/m0/s1. The molecule has 1 saturated heterocycles. The van der Waals surface area contributed by atoms with Gasteiger partial charge in [-0.25, -0.2) is 14.0 Å². The fourth-order valence-corrected chi connectivity index (χ4v) is 4.92. The largest absolute Gasteiger partial charge is 0.446 e. The number of alkyl halides is 6. The first-order valence-electron chi connectivity index (χ1n) is 13.2. The number of aliphatic hydroxyl groups is 1. The number of nitrogens with one attached hydrogen (secondary N) is 2. The summed E-state index contributed by atoms with van der Waals surface area (Å²) in [4.78, 5) is 26.7. The third kappa shape index (κ3) is 8.97. The van der Waals surface area contributed by atoms with Crippen LogP contribution < -0.4 is 10.6 Å². The van der Waals surface area contributed by atoms with Crippen LogP contribution in [-0.4, -0.2) is 54.5 Å². The van der Waals surface area contributed by atoms with Gasteiger partial charge in [-0.15, -0.1) is 0 Å². The lowest BCUT2D eigenvalue weighted by atomic mass is 9.90. The van der Waals surface area contributed by atoms with Crippen LogP contribution in [0.25, 0.3) is 0 Å². The summed E-state index contributed by atoms with van der Waals surface area (Å²) in [6, 6.07) is 4.31. The first kappa shape index (κ1) is 33.0. The van der Waals surface area contributed by atoms with Gasteiger partial charge in [0.05, 0.1) is 23.8 Å². The number of urea groups is 1. The second-order valence-electron chi connectivity index (χ2n) is 10.3. The zero-order valence-corrected chi connectivity index (χ0v) is 22.9. The molecule has 1 heterocycles. The Balaban J connectivity index is 1.72. The summed E-state index contributed by atoms with van der Waals surface area (Å²) in [7, 11) is 0. The Morgan fingerprint density at radius 3 is 2.26 bits per heavy atom. The number of amides is 3. The maximum atomic E-state index is 13.8. The van der Waals surface area contributed by atoms with Crippen molar-refractivity contribution >= 4 is 12.1 Å². The predicted molar refractivity (Wildman–Crippen MR) is 138 cm³/mol. The second kappa shape index (κ2) is 13.6. The molecule has 1 fully saturated rings. The van der Waals surface area contributed by atoms with E-state index < -0.39 is 59.5 Å². The molecule has 1 unspecified atom stereocenters. The van der Waals surface area contributed by atoms with E-state index in [1.54, 1.807) is 13.8 Å². The Labute approximate surface area is 238 Å². The number of benzene rings is 2. The lowest BCUT2D eigenvalue weighted by Gasteiger charge is -2.40. The third-order valence-corrected chi connectivity index (χ3v) is 6.89. The number of likely N-dealkylation sites (tertiary alicyclic amines) is 1. The number of alkyl carbamates (subject to hydrolysis) is 1. The number of ether oxygens (including phenoxy) is 1. The zero-order chi connectivity index (χ0) is 31.2. The summed E-state index contributed by atoms with van der Waals surface area (Å²) in [6.07, 6.45) is -11.0. The smallest absolute Gasteiger partial charge is 0.416 e. The van der Waals surface area contributed by atoms with E-state index in [0.717, 1.165) is 0 Å². The molecule has 0 spiro atoms. The number of aliphatic hydroxyl groups excluding tert-OH is 1. The highest BCUT2D eigenvalue weighted by molar-refractivity contribution is 5.75. The predicted octanol–water partition coefficient (Wildman–Crippen LogP) is 5.98. The molecule has 3 atom stereocenters. The molecule has 3 rings (SSSR count). The van der Waals surface area contributed by atoms with Gasteiger partial charge >= 0.3 is 24.5 Å². The molecule has 1 aliphatic rings. The molecule has 3 N–H and O–H groups in total. The van der Waals surface area contributed by atoms with Crippen LogP contribution in [-0.2, 0) is 23.5 Å². The van der Waals surface area contributed by atoms with Crippen LogP contribution >= 0.6 is 0 Å². The lowest BCUT2D eigenvalue weighted by Crippen LogP contribution is -2.49. The summed E-state index contributed by atoms with van der Waals surface area (Å²) < 4.78 is 98.5. The molecule has 42 heavy (non-hydrogen) atoms. The van der Waals surface area contributed by atoms with Gasteiger partial charge in [-0.2, -0.15) is 26.3 Å². The van der Waals surface area contributed by atoms with Gasteiger partial charge < -0.3 is 25.4 Å². The van der Waals surface area contributed by atoms with Gasteiger partial charge in [0.2, 0.25) is 0 Å². The Bertz CT molecular complexity index is 1220. The van der Waals surface area contributed by atoms with Crippen LogP contribution in [0.5, 0.6) is 0 Å². The molecule has 3 amide bonds. The Kier molecular flexibility index (Phi) is 10.7. The van der Waals surface area contributed by atoms with Crippen molar-refractivity contribution < 1.29 is 50.2 Å². The fraction of sp³-hybridized carbons (Fsp3) is 0.500. The Hall–Kier alpha value is -3.55. The Morgan fingerprint density at radius 2 is 1.69 bits per heavy atom. The third-order valence-electron chi connectivity index (χ3n) is 6.89. The fourth-order valence-electron chi connectivity index (χ4n) is 4.92. The van der Waals surface area contributed by atoms with Gasteiger partial charge in [0.15, 0.2) is 0 Å². The number of rotatable bonds is 8. The van der Waals surface area contributed by atoms with Gasteiger partial charge in [-0.05, 0) is 66.3 Å². The molecule has 232 valence electrons. The van der Waals surface area contributed by atoms with Gasteiger partial charge in [0, 0.05) is 32.5 Å². The minimum Gasteiger partial charge on any atom is -0.446 e. The van der Waals surface area contributed by atoms with Crippen LogP contribution in [0.3, 0.4) is 0 Å². The van der Waals surface area contributed by atoms with Crippen LogP contribution in [0, 0.1) is 18.7 Å². The van der Waals surface area contributed by atoms with Crippen molar-refractivity contribution in [2.75, 3.05) is 26.2 Å². The first-order chi connectivity index (χ1) is 19.6. The molecule has 1 aliphatic heterocycles. The maximum Gasteiger partial charge on any atom is 0.416 e. The van der Waals surface area contributed by atoms with Crippen molar-refractivity contribution in [3.8, 4) is 0 Å². The zero-order valence-electron chi connectivity index (χ0n) is 22.9. The SMILES string of the molecule is Cc1cc(F)ccc1[C@H]1C[C@@H](OC(=O)NCCO)CCN1C(=O)NCC(C)Cc1cc(C(F)(F)F)cc(C(F)(F)F)c1. The molecular formula is C28H32F7N3O4. The van der Waals surface area contributed by atoms with E-state index >= 15 is 0 Å². The van der Waals surface area contributed by atoms with Crippen LogP contribution in [0.2, 0.25) is 0 Å². The molecule has 2 aromatic carbocycles. The minimum atomic E-state index is -4.96. The van der Waals surface area contributed by atoms with Crippen molar-refractivity contribution in [2.24, 2.45) is 5.92 Å². The summed E-state index contributed by atoms with van der Waals surface area (Å²) >= 11 is 0. The van der Waals surface area contributed by atoms with Crippen molar-refractivity contribution in [3.05, 3.63) is 70.0 Å². The monoisotopic (exact) mass is 607 g/mol. The Morgan fingerprint density at radius 1 is 1.05 bits per heavy atom. The summed E-state index contributed by atoms with van der Waals surface area (Å²) in [5.41, 5.74) is -1.81. The van der Waals surface area contributed by atoms with Crippen molar-refractivity contribution in [1.29, 1.82) is 0 Å². The van der Waals surface area contributed by atoms with E-state index in [1.165, 1.54) is 23.1 Å². The number of halogens is 7. The first-order valence-corrected chi connectivity index (χ1v) is 13.2. The second-order valence-corrected chi connectivity index (χ2v) is 10.3. The minimum absolute atomic E-state index is 0.00319. The highest BCUT2D eigenvalue weighted by Crippen LogP contribution is 2.37. The lowest BCUT2D eigenvalue weighted by molar-refractivity contribution is -0.143. The van der Waals surface area contributed by atoms with Crippen molar-refractivity contribution in [1.82, 2.24) is 15.5 Å². The van der Waals surface area contributed by atoms with E-state index in [2.05, 4.69) is 10.6 Å². The number of hydrogen-bond acceptors (Lipinski definition) is 4. The maximum absolute atomic E-state index is 13.8. The molecule has 0 aromatic heterocycles. The summed E-state index contributed by atoms with van der Waals surface area (Å²) in [5.74, 6) is -1.00. The molecular weight excluding hydrogens is 575 g/mol. The average Bonchev–Trinajstić information content (AvgIpc) is 2.89. The van der Waals surface area contributed by atoms with E-state index in [0.29, 0.717) is 23.3 Å². The molecule has 0 aliphatic carbocycles. The van der Waals surface area contributed by atoms with Crippen molar-refractivity contribution in [3.63, 3.8) is 0 Å². The summed E-state index contributed by atoms with van der Waals surface area (Å²) in [5, 5.41) is 14.0. The summed E-state index contributed by atoms with van der Waals surface area (Å²) in [6.45, 7) is 3.06. The normalized spacial score (nSPS) is 18.4. The van der Waals surface area contributed by atoms with E-state index in [-0.39, 0.29) is 57.1 Å². The van der Waals surface area contributed by atoms with Crippen LogP contribution in [0.15, 0.2) is 36.4 Å². The molecule has 0 saturated carbocycles.